The fourth-order valence-electron chi connectivity index (χ4n) is 3.54. The van der Waals surface area contributed by atoms with Crippen molar-refractivity contribution in [3.05, 3.63) is 101 Å². The minimum Gasteiger partial charge on any atom is -0.368 e. The van der Waals surface area contributed by atoms with E-state index in [2.05, 4.69) is 5.32 Å². The number of fused-ring (bicyclic) bond motifs is 1. The van der Waals surface area contributed by atoms with Gasteiger partial charge in [-0.1, -0.05) is 72.3 Å². The SMILES string of the molecule is Cc1ccc(C2(CC(=O)c3ccccc3)Nc3ccccc3C2=O)cc1. The van der Waals surface area contributed by atoms with Crippen LogP contribution in [0.15, 0.2) is 78.9 Å². The first-order valence-electron chi connectivity index (χ1n) is 8.67. The quantitative estimate of drug-likeness (QED) is 0.695. The smallest absolute Gasteiger partial charge is 0.195 e. The van der Waals surface area contributed by atoms with E-state index in [0.717, 1.165) is 16.8 Å². The number of carbonyl (C=O) groups is 2. The fraction of sp³-hybridized carbons (Fsp3) is 0.130. The molecule has 1 aliphatic heterocycles. The van der Waals surface area contributed by atoms with Gasteiger partial charge in [0.15, 0.2) is 11.6 Å². The highest BCUT2D eigenvalue weighted by atomic mass is 16.1. The molecule has 0 bridgehead atoms. The second kappa shape index (κ2) is 6.26. The van der Waals surface area contributed by atoms with E-state index in [9.17, 15) is 9.59 Å². The number of Topliss-reactive ketones (excluding diaryl/α,β-unsaturated/α-hetero) is 2. The summed E-state index contributed by atoms with van der Waals surface area (Å²) < 4.78 is 0. The Morgan fingerprint density at radius 3 is 2.23 bits per heavy atom. The molecule has 1 atom stereocenters. The van der Waals surface area contributed by atoms with Crippen molar-refractivity contribution in [2.75, 3.05) is 5.32 Å². The zero-order chi connectivity index (χ0) is 18.1. The van der Waals surface area contributed by atoms with Gasteiger partial charge in [0.25, 0.3) is 0 Å². The largest absolute Gasteiger partial charge is 0.368 e. The fourth-order valence-corrected chi connectivity index (χ4v) is 3.54. The second-order valence-electron chi connectivity index (χ2n) is 6.74. The Labute approximate surface area is 152 Å². The molecule has 1 heterocycles. The maximum atomic E-state index is 13.4. The zero-order valence-electron chi connectivity index (χ0n) is 14.5. The molecule has 0 spiro atoms. The maximum Gasteiger partial charge on any atom is 0.195 e. The third-order valence-corrected chi connectivity index (χ3v) is 4.97. The third kappa shape index (κ3) is 2.62. The topological polar surface area (TPSA) is 46.2 Å². The number of hydrogen-bond donors (Lipinski definition) is 1. The van der Waals surface area contributed by atoms with Gasteiger partial charge >= 0.3 is 0 Å². The summed E-state index contributed by atoms with van der Waals surface area (Å²) in [5.41, 5.74) is 2.89. The predicted molar refractivity (Wildman–Crippen MR) is 103 cm³/mol. The van der Waals surface area contributed by atoms with Crippen LogP contribution in [0.3, 0.4) is 0 Å². The Bertz CT molecular complexity index is 977. The minimum atomic E-state index is -1.07. The lowest BCUT2D eigenvalue weighted by molar-refractivity contribution is 0.0846. The lowest BCUT2D eigenvalue weighted by Crippen LogP contribution is -2.40. The molecule has 0 aliphatic carbocycles. The molecule has 0 saturated heterocycles. The van der Waals surface area contributed by atoms with Gasteiger partial charge in [-0.3, -0.25) is 9.59 Å². The van der Waals surface area contributed by atoms with Gasteiger partial charge in [0.2, 0.25) is 0 Å². The molecule has 3 heteroatoms. The monoisotopic (exact) mass is 341 g/mol. The molecule has 0 saturated carbocycles. The average molecular weight is 341 g/mol. The van der Waals surface area contributed by atoms with Crippen LogP contribution in [0.1, 0.15) is 38.3 Å². The van der Waals surface area contributed by atoms with Crippen LogP contribution in [0.2, 0.25) is 0 Å². The molecule has 128 valence electrons. The van der Waals surface area contributed by atoms with Crippen LogP contribution < -0.4 is 5.32 Å². The minimum absolute atomic E-state index is 0.0544. The van der Waals surface area contributed by atoms with Crippen molar-refractivity contribution in [3.63, 3.8) is 0 Å². The molecule has 3 aromatic rings. The maximum absolute atomic E-state index is 13.4. The zero-order valence-corrected chi connectivity index (χ0v) is 14.5. The number of benzene rings is 3. The van der Waals surface area contributed by atoms with E-state index in [-0.39, 0.29) is 18.0 Å². The number of ketones is 2. The molecule has 4 rings (SSSR count). The van der Waals surface area contributed by atoms with Gasteiger partial charge < -0.3 is 5.32 Å². The Morgan fingerprint density at radius 2 is 1.54 bits per heavy atom. The molecular formula is C23H19NO2. The summed E-state index contributed by atoms with van der Waals surface area (Å²) in [7, 11) is 0. The normalized spacial score (nSPS) is 18.3. The predicted octanol–water partition coefficient (Wildman–Crippen LogP) is 4.77. The van der Waals surface area contributed by atoms with Gasteiger partial charge in [0.05, 0.1) is 0 Å². The number of aryl methyl sites for hydroxylation is 1. The number of hydrogen-bond acceptors (Lipinski definition) is 3. The first-order chi connectivity index (χ1) is 12.6. The summed E-state index contributed by atoms with van der Waals surface area (Å²) in [6, 6.07) is 24.4. The summed E-state index contributed by atoms with van der Waals surface area (Å²) in [6.07, 6.45) is 0.0770. The van der Waals surface area contributed by atoms with Gasteiger partial charge in [-0.15, -0.1) is 0 Å². The molecular weight excluding hydrogens is 322 g/mol. The molecule has 3 aromatic carbocycles. The third-order valence-electron chi connectivity index (χ3n) is 4.97. The number of para-hydroxylation sites is 1. The molecule has 26 heavy (non-hydrogen) atoms. The lowest BCUT2D eigenvalue weighted by Gasteiger charge is -2.29. The second-order valence-corrected chi connectivity index (χ2v) is 6.74. The van der Waals surface area contributed by atoms with Gasteiger partial charge in [0.1, 0.15) is 5.54 Å². The van der Waals surface area contributed by atoms with E-state index in [4.69, 9.17) is 0 Å². The van der Waals surface area contributed by atoms with Crippen LogP contribution in [-0.2, 0) is 5.54 Å². The first kappa shape index (κ1) is 16.3. The highest BCUT2D eigenvalue weighted by Gasteiger charge is 2.47. The standard InChI is InChI=1S/C23H19NO2/c1-16-11-13-18(14-12-16)23(15-21(25)17-7-3-2-4-8-17)22(26)19-9-5-6-10-20(19)24-23/h2-14,24H,15H2,1H3. The van der Waals surface area contributed by atoms with Crippen LogP contribution in [0.5, 0.6) is 0 Å². The van der Waals surface area contributed by atoms with Crippen LogP contribution in [0, 0.1) is 6.92 Å². The highest BCUT2D eigenvalue weighted by Crippen LogP contribution is 2.42. The Hall–Kier alpha value is -3.20. The van der Waals surface area contributed by atoms with Crippen molar-refractivity contribution >= 4 is 17.3 Å². The highest BCUT2D eigenvalue weighted by molar-refractivity contribution is 6.16. The molecule has 0 fully saturated rings. The van der Waals surface area contributed by atoms with Crippen LogP contribution in [0.4, 0.5) is 5.69 Å². The van der Waals surface area contributed by atoms with E-state index in [1.807, 2.05) is 73.7 Å². The van der Waals surface area contributed by atoms with E-state index >= 15 is 0 Å². The summed E-state index contributed by atoms with van der Waals surface area (Å²) in [5.74, 6) is -0.110. The number of rotatable bonds is 4. The molecule has 1 N–H and O–H groups in total. The van der Waals surface area contributed by atoms with Crippen molar-refractivity contribution < 1.29 is 9.59 Å². The number of anilines is 1. The Balaban J connectivity index is 1.80. The van der Waals surface area contributed by atoms with Gasteiger partial charge in [0, 0.05) is 23.2 Å². The average Bonchev–Trinajstić information content (AvgIpc) is 2.96. The van der Waals surface area contributed by atoms with Gasteiger partial charge in [-0.2, -0.15) is 0 Å². The van der Waals surface area contributed by atoms with Crippen LogP contribution in [-0.4, -0.2) is 11.6 Å². The van der Waals surface area contributed by atoms with E-state index < -0.39 is 5.54 Å². The molecule has 0 radical (unpaired) electrons. The molecule has 1 unspecified atom stereocenters. The summed E-state index contributed by atoms with van der Waals surface area (Å²) in [5, 5.41) is 3.36. The van der Waals surface area contributed by atoms with E-state index in [0.29, 0.717) is 11.1 Å². The van der Waals surface area contributed by atoms with E-state index in [1.165, 1.54) is 0 Å². The summed E-state index contributed by atoms with van der Waals surface area (Å²) in [6.45, 7) is 2.00. The van der Waals surface area contributed by atoms with Crippen molar-refractivity contribution in [1.29, 1.82) is 0 Å². The molecule has 3 nitrogen and oxygen atoms in total. The number of carbonyl (C=O) groups excluding carboxylic acids is 2. The molecule has 0 aromatic heterocycles. The Morgan fingerprint density at radius 1 is 0.885 bits per heavy atom. The van der Waals surface area contributed by atoms with Crippen LogP contribution in [0.25, 0.3) is 0 Å². The molecule has 1 aliphatic rings. The Kier molecular flexibility index (Phi) is 3.92. The van der Waals surface area contributed by atoms with E-state index in [1.54, 1.807) is 12.1 Å². The van der Waals surface area contributed by atoms with Gasteiger partial charge in [-0.25, -0.2) is 0 Å². The van der Waals surface area contributed by atoms with Crippen LogP contribution >= 0.6 is 0 Å². The van der Waals surface area contributed by atoms with Crippen molar-refractivity contribution in [3.8, 4) is 0 Å². The van der Waals surface area contributed by atoms with Crippen molar-refractivity contribution in [2.24, 2.45) is 0 Å². The number of nitrogens with one attached hydrogen (secondary N) is 1. The van der Waals surface area contributed by atoms with Crippen molar-refractivity contribution in [2.45, 2.75) is 18.9 Å². The van der Waals surface area contributed by atoms with Gasteiger partial charge in [-0.05, 0) is 24.6 Å². The van der Waals surface area contributed by atoms with Crippen molar-refractivity contribution in [1.82, 2.24) is 0 Å². The summed E-state index contributed by atoms with van der Waals surface area (Å²) >= 11 is 0. The molecule has 0 amide bonds. The summed E-state index contributed by atoms with van der Waals surface area (Å²) in [4.78, 5) is 26.3. The first-order valence-corrected chi connectivity index (χ1v) is 8.67. The lowest BCUT2D eigenvalue weighted by atomic mass is 9.80.